The predicted octanol–water partition coefficient (Wildman–Crippen LogP) is 0.143. The molecular weight excluding hydrogens is 312 g/mol. The highest BCUT2D eigenvalue weighted by Gasteiger charge is 2.17. The van der Waals surface area contributed by atoms with Crippen LogP contribution in [0.25, 0.3) is 0 Å². The van der Waals surface area contributed by atoms with Crippen molar-refractivity contribution in [2.45, 2.75) is 0 Å². The summed E-state index contributed by atoms with van der Waals surface area (Å²) in [5.41, 5.74) is 0. The summed E-state index contributed by atoms with van der Waals surface area (Å²) in [4.78, 5) is 18.9. The maximum atomic E-state index is 5.74. The van der Waals surface area contributed by atoms with Gasteiger partial charge < -0.3 is 24.4 Å². The standard InChI is InChI=1S/C15H20N6O3/c1-22-14-15(20-5-4-19-14)24-11-10-23-13-12(17-2-3-18-13)21-8-6-16-7-9-21/h2-5,16H,6-11H2,1H3. The normalized spacial score (nSPS) is 14.3. The Hall–Kier alpha value is -2.68. The zero-order valence-corrected chi connectivity index (χ0v) is 13.5. The van der Waals surface area contributed by atoms with E-state index in [4.69, 9.17) is 14.2 Å². The van der Waals surface area contributed by atoms with Crippen LogP contribution in [-0.4, -0.2) is 66.4 Å². The zero-order valence-electron chi connectivity index (χ0n) is 13.5. The molecule has 0 radical (unpaired) electrons. The highest BCUT2D eigenvalue weighted by molar-refractivity contribution is 5.48. The monoisotopic (exact) mass is 332 g/mol. The number of nitrogens with one attached hydrogen (secondary N) is 1. The van der Waals surface area contributed by atoms with E-state index in [1.165, 1.54) is 7.11 Å². The molecule has 0 unspecified atom stereocenters. The van der Waals surface area contributed by atoms with Crippen molar-refractivity contribution in [3.8, 4) is 17.6 Å². The fraction of sp³-hybridized carbons (Fsp3) is 0.467. The van der Waals surface area contributed by atoms with Gasteiger partial charge in [0, 0.05) is 51.0 Å². The van der Waals surface area contributed by atoms with E-state index in [0.717, 1.165) is 32.0 Å². The van der Waals surface area contributed by atoms with Gasteiger partial charge in [-0.15, -0.1) is 0 Å². The van der Waals surface area contributed by atoms with Crippen molar-refractivity contribution >= 4 is 5.82 Å². The lowest BCUT2D eigenvalue weighted by molar-refractivity contribution is 0.199. The van der Waals surface area contributed by atoms with Crippen molar-refractivity contribution in [3.63, 3.8) is 0 Å². The van der Waals surface area contributed by atoms with Crippen LogP contribution in [0.1, 0.15) is 0 Å². The molecule has 2 aromatic heterocycles. The summed E-state index contributed by atoms with van der Waals surface area (Å²) < 4.78 is 16.4. The molecule has 2 aromatic rings. The van der Waals surface area contributed by atoms with Gasteiger partial charge in [-0.05, 0) is 0 Å². The van der Waals surface area contributed by atoms with E-state index < -0.39 is 0 Å². The van der Waals surface area contributed by atoms with Crippen LogP contribution in [0.3, 0.4) is 0 Å². The van der Waals surface area contributed by atoms with Crippen LogP contribution in [0.4, 0.5) is 5.82 Å². The number of hydrogen-bond acceptors (Lipinski definition) is 9. The SMILES string of the molecule is COc1nccnc1OCCOc1nccnc1N1CCNCC1. The van der Waals surface area contributed by atoms with E-state index in [9.17, 15) is 0 Å². The third-order valence-electron chi connectivity index (χ3n) is 3.45. The Morgan fingerprint density at radius 1 is 0.875 bits per heavy atom. The second kappa shape index (κ2) is 8.25. The van der Waals surface area contributed by atoms with Crippen LogP contribution < -0.4 is 24.4 Å². The molecule has 1 aliphatic heterocycles. The third kappa shape index (κ3) is 3.99. The van der Waals surface area contributed by atoms with E-state index in [-0.39, 0.29) is 0 Å². The molecule has 3 rings (SSSR count). The maximum Gasteiger partial charge on any atom is 0.278 e. The minimum Gasteiger partial charge on any atom is -0.477 e. The molecular formula is C15H20N6O3. The first-order chi connectivity index (χ1) is 11.9. The van der Waals surface area contributed by atoms with Gasteiger partial charge in [0.1, 0.15) is 13.2 Å². The smallest absolute Gasteiger partial charge is 0.278 e. The quantitative estimate of drug-likeness (QED) is 0.710. The lowest BCUT2D eigenvalue weighted by Gasteiger charge is -2.28. The zero-order chi connectivity index (χ0) is 16.6. The van der Waals surface area contributed by atoms with Gasteiger partial charge >= 0.3 is 0 Å². The highest BCUT2D eigenvalue weighted by Crippen LogP contribution is 2.23. The van der Waals surface area contributed by atoms with E-state index in [1.807, 2.05) is 0 Å². The molecule has 0 atom stereocenters. The summed E-state index contributed by atoms with van der Waals surface area (Å²) in [6.45, 7) is 4.21. The lowest BCUT2D eigenvalue weighted by atomic mass is 10.3. The van der Waals surface area contributed by atoms with E-state index in [0.29, 0.717) is 30.9 Å². The van der Waals surface area contributed by atoms with Crippen LogP contribution in [0.2, 0.25) is 0 Å². The van der Waals surface area contributed by atoms with Gasteiger partial charge in [0.2, 0.25) is 0 Å². The Bertz CT molecular complexity index is 651. The number of rotatable bonds is 7. The van der Waals surface area contributed by atoms with Gasteiger partial charge in [-0.2, -0.15) is 0 Å². The van der Waals surface area contributed by atoms with Crippen LogP contribution in [0.15, 0.2) is 24.8 Å². The third-order valence-corrected chi connectivity index (χ3v) is 3.45. The average Bonchev–Trinajstić information content (AvgIpc) is 2.66. The molecule has 128 valence electrons. The highest BCUT2D eigenvalue weighted by atomic mass is 16.5. The Labute approximate surface area is 140 Å². The number of methoxy groups -OCH3 is 1. The van der Waals surface area contributed by atoms with E-state index in [1.54, 1.807) is 24.8 Å². The Balaban J connectivity index is 1.55. The number of piperazine rings is 1. The first-order valence-electron chi connectivity index (χ1n) is 7.76. The molecule has 3 heterocycles. The summed E-state index contributed by atoms with van der Waals surface area (Å²) >= 11 is 0. The number of nitrogens with zero attached hydrogens (tertiary/aromatic N) is 5. The summed E-state index contributed by atoms with van der Waals surface area (Å²) in [5, 5.41) is 3.31. The van der Waals surface area contributed by atoms with Gasteiger partial charge in [0.15, 0.2) is 5.82 Å². The minimum atomic E-state index is 0.298. The summed E-state index contributed by atoms with van der Waals surface area (Å²) in [7, 11) is 1.52. The Morgan fingerprint density at radius 2 is 1.46 bits per heavy atom. The predicted molar refractivity (Wildman–Crippen MR) is 86.7 cm³/mol. The van der Waals surface area contributed by atoms with Gasteiger partial charge in [-0.3, -0.25) is 0 Å². The van der Waals surface area contributed by atoms with Gasteiger partial charge in [-0.1, -0.05) is 0 Å². The van der Waals surface area contributed by atoms with Gasteiger partial charge in [0.05, 0.1) is 7.11 Å². The lowest BCUT2D eigenvalue weighted by Crippen LogP contribution is -2.44. The molecule has 0 saturated carbocycles. The van der Waals surface area contributed by atoms with Crippen LogP contribution in [0, 0.1) is 0 Å². The summed E-state index contributed by atoms with van der Waals surface area (Å²) in [5.74, 6) is 1.95. The fourth-order valence-electron chi connectivity index (χ4n) is 2.34. The van der Waals surface area contributed by atoms with Crippen molar-refractivity contribution in [3.05, 3.63) is 24.8 Å². The topological polar surface area (TPSA) is 94.5 Å². The molecule has 0 aromatic carbocycles. The average molecular weight is 332 g/mol. The van der Waals surface area contributed by atoms with Crippen LogP contribution >= 0.6 is 0 Å². The van der Waals surface area contributed by atoms with Gasteiger partial charge in [0.25, 0.3) is 17.6 Å². The van der Waals surface area contributed by atoms with Crippen LogP contribution in [-0.2, 0) is 0 Å². The van der Waals surface area contributed by atoms with Crippen molar-refractivity contribution in [1.82, 2.24) is 25.3 Å². The molecule has 1 saturated heterocycles. The molecule has 1 N–H and O–H groups in total. The van der Waals surface area contributed by atoms with Gasteiger partial charge in [-0.25, -0.2) is 19.9 Å². The van der Waals surface area contributed by atoms with Crippen molar-refractivity contribution in [1.29, 1.82) is 0 Å². The molecule has 9 heteroatoms. The Kier molecular flexibility index (Phi) is 5.56. The molecule has 9 nitrogen and oxygen atoms in total. The number of hydrogen-bond donors (Lipinski definition) is 1. The first-order valence-corrected chi connectivity index (χ1v) is 7.76. The second-order valence-corrected chi connectivity index (χ2v) is 4.99. The fourth-order valence-corrected chi connectivity index (χ4v) is 2.34. The molecule has 0 aliphatic carbocycles. The minimum absolute atomic E-state index is 0.298. The van der Waals surface area contributed by atoms with Crippen molar-refractivity contribution in [2.24, 2.45) is 0 Å². The van der Waals surface area contributed by atoms with Crippen molar-refractivity contribution < 1.29 is 14.2 Å². The molecule has 1 fully saturated rings. The second-order valence-electron chi connectivity index (χ2n) is 4.99. The first kappa shape index (κ1) is 16.2. The number of aromatic nitrogens is 4. The molecule has 1 aliphatic rings. The van der Waals surface area contributed by atoms with Crippen LogP contribution in [0.5, 0.6) is 17.6 Å². The summed E-state index contributed by atoms with van der Waals surface area (Å²) in [6, 6.07) is 0. The molecule has 24 heavy (non-hydrogen) atoms. The largest absolute Gasteiger partial charge is 0.477 e. The summed E-state index contributed by atoms with van der Waals surface area (Å²) in [6.07, 6.45) is 6.38. The maximum absolute atomic E-state index is 5.74. The molecule has 0 spiro atoms. The molecule has 0 amide bonds. The van der Waals surface area contributed by atoms with E-state index >= 15 is 0 Å². The van der Waals surface area contributed by atoms with Crippen molar-refractivity contribution in [2.75, 3.05) is 51.4 Å². The molecule has 0 bridgehead atoms. The van der Waals surface area contributed by atoms with E-state index in [2.05, 4.69) is 30.2 Å². The Morgan fingerprint density at radius 3 is 2.17 bits per heavy atom. The number of anilines is 1. The number of ether oxygens (including phenoxy) is 3.